The summed E-state index contributed by atoms with van der Waals surface area (Å²) in [6, 6.07) is 35.8. The molecular formula is C34H23NO2. The Bertz CT molecular complexity index is 1820. The first-order valence-electron chi connectivity index (χ1n) is 12.7. The van der Waals surface area contributed by atoms with E-state index in [1.165, 1.54) is 5.56 Å². The summed E-state index contributed by atoms with van der Waals surface area (Å²) in [7, 11) is 0. The molecule has 176 valence electrons. The van der Waals surface area contributed by atoms with E-state index in [1.807, 2.05) is 30.3 Å². The highest BCUT2D eigenvalue weighted by molar-refractivity contribution is 6.15. The predicted octanol–water partition coefficient (Wildman–Crippen LogP) is 8.12. The molecule has 0 saturated carbocycles. The molecule has 3 nitrogen and oxygen atoms in total. The van der Waals surface area contributed by atoms with Gasteiger partial charge in [0.25, 0.3) is 0 Å². The van der Waals surface area contributed by atoms with E-state index in [4.69, 9.17) is 4.74 Å². The molecule has 2 aliphatic heterocycles. The van der Waals surface area contributed by atoms with Gasteiger partial charge in [0.05, 0.1) is 22.5 Å². The maximum absolute atomic E-state index is 13.9. The second-order valence-electron chi connectivity index (χ2n) is 10.3. The molecule has 5 aromatic rings. The number of ether oxygens (including phenoxy) is 1. The molecule has 0 amide bonds. The lowest BCUT2D eigenvalue weighted by Crippen LogP contribution is -2.43. The van der Waals surface area contributed by atoms with Crippen LogP contribution in [0, 0.1) is 13.8 Å². The minimum Gasteiger partial charge on any atom is -0.453 e. The Morgan fingerprint density at radius 1 is 0.595 bits per heavy atom. The molecule has 2 heterocycles. The molecule has 1 unspecified atom stereocenters. The van der Waals surface area contributed by atoms with Crippen molar-refractivity contribution in [1.82, 2.24) is 0 Å². The van der Waals surface area contributed by atoms with Crippen molar-refractivity contribution in [3.8, 4) is 11.5 Å². The molecular weight excluding hydrogens is 454 g/mol. The SMILES string of the molecule is Cc1ccc2c(c1)C(=O)c1ccc(C)cc1C21c2ccccc2N2c3ccccc3Oc3cccc1c32. The summed E-state index contributed by atoms with van der Waals surface area (Å²) in [6.07, 6.45) is 0. The average Bonchev–Trinajstić information content (AvgIpc) is 2.92. The van der Waals surface area contributed by atoms with Crippen molar-refractivity contribution >= 4 is 22.8 Å². The van der Waals surface area contributed by atoms with Crippen LogP contribution in [0.1, 0.15) is 49.3 Å². The van der Waals surface area contributed by atoms with Gasteiger partial charge in [-0.05, 0) is 66.4 Å². The monoisotopic (exact) mass is 477 g/mol. The van der Waals surface area contributed by atoms with E-state index in [-0.39, 0.29) is 5.78 Å². The fourth-order valence-corrected chi connectivity index (χ4v) is 6.70. The van der Waals surface area contributed by atoms with Gasteiger partial charge in [-0.3, -0.25) is 4.79 Å². The third kappa shape index (κ3) is 2.44. The first-order valence-corrected chi connectivity index (χ1v) is 12.7. The summed E-state index contributed by atoms with van der Waals surface area (Å²) in [5.74, 6) is 1.75. The van der Waals surface area contributed by atoms with Crippen molar-refractivity contribution in [2.24, 2.45) is 0 Å². The summed E-state index contributed by atoms with van der Waals surface area (Å²) < 4.78 is 6.50. The Labute approximate surface area is 215 Å². The number of hydrogen-bond donors (Lipinski definition) is 0. The fraction of sp³-hybridized carbons (Fsp3) is 0.0882. The molecule has 0 bridgehead atoms. The molecule has 1 atom stereocenters. The second kappa shape index (κ2) is 6.98. The van der Waals surface area contributed by atoms with E-state index < -0.39 is 5.41 Å². The van der Waals surface area contributed by atoms with Crippen LogP contribution in [0.3, 0.4) is 0 Å². The standard InChI is InChI=1S/C34H23NO2/c1-20-15-17-24-23(18-20)33(36)22-16-14-21(2)19-27(22)34(24)25-8-3-4-10-28(25)35-29-11-5-6-12-30(29)37-31-13-7-9-26(34)32(31)35/h3-19H,1-2H3. The molecule has 0 aromatic heterocycles. The van der Waals surface area contributed by atoms with E-state index in [9.17, 15) is 4.79 Å². The zero-order valence-corrected chi connectivity index (χ0v) is 20.6. The first-order chi connectivity index (χ1) is 18.1. The molecule has 8 rings (SSSR count). The van der Waals surface area contributed by atoms with Crippen LogP contribution in [0.4, 0.5) is 17.1 Å². The molecule has 3 heteroatoms. The van der Waals surface area contributed by atoms with Crippen molar-refractivity contribution < 1.29 is 9.53 Å². The van der Waals surface area contributed by atoms with Gasteiger partial charge in [-0.15, -0.1) is 0 Å². The van der Waals surface area contributed by atoms with Crippen LogP contribution in [-0.2, 0) is 5.41 Å². The minimum absolute atomic E-state index is 0.0885. The number of rotatable bonds is 0. The maximum Gasteiger partial charge on any atom is 0.193 e. The van der Waals surface area contributed by atoms with Gasteiger partial charge in [-0.1, -0.05) is 83.9 Å². The van der Waals surface area contributed by atoms with Gasteiger partial charge in [0.2, 0.25) is 0 Å². The molecule has 37 heavy (non-hydrogen) atoms. The Kier molecular flexibility index (Phi) is 3.88. The quantitative estimate of drug-likeness (QED) is 0.221. The smallest absolute Gasteiger partial charge is 0.193 e. The van der Waals surface area contributed by atoms with E-state index in [0.29, 0.717) is 0 Å². The Hall–Kier alpha value is -4.63. The van der Waals surface area contributed by atoms with Crippen molar-refractivity contribution in [3.63, 3.8) is 0 Å². The summed E-state index contributed by atoms with van der Waals surface area (Å²) in [5.41, 5.74) is 10.6. The van der Waals surface area contributed by atoms with Gasteiger partial charge in [0.1, 0.15) is 0 Å². The molecule has 3 aliphatic rings. The number of fused-ring (bicyclic) bond motifs is 10. The number of aryl methyl sites for hydroxylation is 2. The zero-order valence-electron chi connectivity index (χ0n) is 20.6. The number of anilines is 3. The van der Waals surface area contributed by atoms with E-state index in [1.54, 1.807) is 0 Å². The van der Waals surface area contributed by atoms with Crippen molar-refractivity contribution in [2.45, 2.75) is 19.3 Å². The molecule has 0 saturated heterocycles. The van der Waals surface area contributed by atoms with Gasteiger partial charge in [0.15, 0.2) is 17.3 Å². The number of benzene rings is 5. The predicted molar refractivity (Wildman–Crippen MR) is 146 cm³/mol. The van der Waals surface area contributed by atoms with E-state index in [2.05, 4.69) is 91.5 Å². The maximum atomic E-state index is 13.9. The van der Waals surface area contributed by atoms with Crippen molar-refractivity contribution in [2.75, 3.05) is 4.90 Å². The molecule has 0 radical (unpaired) electrons. The van der Waals surface area contributed by atoms with E-state index in [0.717, 1.165) is 67.5 Å². The highest BCUT2D eigenvalue weighted by Crippen LogP contribution is 2.64. The van der Waals surface area contributed by atoms with Crippen LogP contribution >= 0.6 is 0 Å². The molecule has 0 fully saturated rings. The number of para-hydroxylation sites is 4. The van der Waals surface area contributed by atoms with Crippen molar-refractivity contribution in [1.29, 1.82) is 0 Å². The lowest BCUT2D eigenvalue weighted by atomic mass is 9.57. The molecule has 0 N–H and O–H groups in total. The second-order valence-corrected chi connectivity index (χ2v) is 10.3. The normalized spacial score (nSPS) is 17.8. The Morgan fingerprint density at radius 3 is 2.19 bits per heavy atom. The van der Waals surface area contributed by atoms with Gasteiger partial charge < -0.3 is 9.64 Å². The van der Waals surface area contributed by atoms with Crippen LogP contribution in [-0.4, -0.2) is 5.78 Å². The lowest BCUT2D eigenvalue weighted by Gasteiger charge is -2.50. The largest absolute Gasteiger partial charge is 0.453 e. The number of carbonyl (C=O) groups excluding carboxylic acids is 1. The fourth-order valence-electron chi connectivity index (χ4n) is 6.70. The van der Waals surface area contributed by atoms with Gasteiger partial charge in [-0.25, -0.2) is 0 Å². The van der Waals surface area contributed by atoms with Crippen molar-refractivity contribution in [3.05, 3.63) is 148 Å². The lowest BCUT2D eigenvalue weighted by molar-refractivity contribution is 0.103. The summed E-state index contributed by atoms with van der Waals surface area (Å²) in [4.78, 5) is 16.3. The topological polar surface area (TPSA) is 29.5 Å². The Morgan fingerprint density at radius 2 is 1.30 bits per heavy atom. The Balaban J connectivity index is 1.60. The van der Waals surface area contributed by atoms with Crippen LogP contribution in [0.2, 0.25) is 0 Å². The first kappa shape index (κ1) is 20.6. The van der Waals surface area contributed by atoms with Crippen LogP contribution in [0.25, 0.3) is 0 Å². The molecule has 1 aliphatic carbocycles. The van der Waals surface area contributed by atoms with Gasteiger partial charge in [0, 0.05) is 11.1 Å². The third-order valence-electron chi connectivity index (χ3n) is 8.15. The molecule has 1 spiro atoms. The number of ketones is 1. The van der Waals surface area contributed by atoms with Gasteiger partial charge >= 0.3 is 0 Å². The highest BCUT2D eigenvalue weighted by Gasteiger charge is 2.53. The zero-order chi connectivity index (χ0) is 24.9. The number of nitrogens with zero attached hydrogens (tertiary/aromatic N) is 1. The number of hydrogen-bond acceptors (Lipinski definition) is 3. The third-order valence-corrected chi connectivity index (χ3v) is 8.15. The summed E-state index contributed by atoms with van der Waals surface area (Å²) in [6.45, 7) is 4.15. The number of carbonyl (C=O) groups is 1. The highest BCUT2D eigenvalue weighted by atomic mass is 16.5. The van der Waals surface area contributed by atoms with Crippen LogP contribution in [0.15, 0.2) is 103 Å². The van der Waals surface area contributed by atoms with E-state index >= 15 is 0 Å². The average molecular weight is 478 g/mol. The van der Waals surface area contributed by atoms with Crippen LogP contribution in [0.5, 0.6) is 11.5 Å². The summed E-state index contributed by atoms with van der Waals surface area (Å²) >= 11 is 0. The molecule has 5 aromatic carbocycles. The van der Waals surface area contributed by atoms with Crippen LogP contribution < -0.4 is 9.64 Å². The van der Waals surface area contributed by atoms with Gasteiger partial charge in [-0.2, -0.15) is 0 Å². The summed E-state index contributed by atoms with van der Waals surface area (Å²) in [5, 5.41) is 0. The minimum atomic E-state index is -0.660.